The zero-order chi connectivity index (χ0) is 13.8. The van der Waals surface area contributed by atoms with E-state index in [0.717, 1.165) is 4.90 Å². The van der Waals surface area contributed by atoms with Gasteiger partial charge in [-0.1, -0.05) is 6.07 Å². The smallest absolute Gasteiger partial charge is 0.235 e. The molecule has 1 amide bonds. The van der Waals surface area contributed by atoms with E-state index in [2.05, 4.69) is 36.4 Å². The average molecular weight is 275 g/mol. The zero-order valence-corrected chi connectivity index (χ0v) is 12.1. The quantitative estimate of drug-likeness (QED) is 0.873. The van der Waals surface area contributed by atoms with Gasteiger partial charge in [0.15, 0.2) is 5.82 Å². The molecular weight excluding hydrogens is 258 g/mol. The molecule has 0 atom stereocenters. The first-order valence-corrected chi connectivity index (χ1v) is 7.03. The minimum Gasteiger partial charge on any atom is -0.308 e. The molecule has 1 heterocycles. The van der Waals surface area contributed by atoms with E-state index < -0.39 is 0 Å². The third-order valence-corrected chi connectivity index (χ3v) is 3.82. The Labute approximate surface area is 117 Å². The van der Waals surface area contributed by atoms with E-state index in [0.29, 0.717) is 11.6 Å². The Hall–Kier alpha value is -1.75. The van der Waals surface area contributed by atoms with Crippen molar-refractivity contribution in [2.24, 2.45) is 7.05 Å². The highest BCUT2D eigenvalue weighted by Crippen LogP contribution is 2.21. The van der Waals surface area contributed by atoms with Crippen LogP contribution in [0.4, 0.5) is 5.82 Å². The molecule has 2 aromatic rings. The number of aryl methyl sites for hydroxylation is 3. The summed E-state index contributed by atoms with van der Waals surface area (Å²) in [6.07, 6.45) is 1.80. The number of nitrogens with one attached hydrogen (secondary N) is 1. The van der Waals surface area contributed by atoms with Gasteiger partial charge in [0, 0.05) is 24.2 Å². The summed E-state index contributed by atoms with van der Waals surface area (Å²) in [4.78, 5) is 12.9. The van der Waals surface area contributed by atoms with Crippen molar-refractivity contribution in [2.45, 2.75) is 18.7 Å². The number of hydrogen-bond donors (Lipinski definition) is 1. The standard InChI is InChI=1S/C14H17N3OS/c1-10-4-5-12(8-11(10)2)19-9-14(18)15-13-6-7-17(3)16-13/h4-8H,9H2,1-3H3,(H,15,16,18). The molecule has 0 fully saturated rings. The molecule has 0 saturated heterocycles. The van der Waals surface area contributed by atoms with Gasteiger partial charge in [0.1, 0.15) is 0 Å². The maximum Gasteiger partial charge on any atom is 0.235 e. The first-order valence-electron chi connectivity index (χ1n) is 6.04. The summed E-state index contributed by atoms with van der Waals surface area (Å²) in [5.41, 5.74) is 2.51. The summed E-state index contributed by atoms with van der Waals surface area (Å²) in [7, 11) is 1.82. The summed E-state index contributed by atoms with van der Waals surface area (Å²) in [5.74, 6) is 0.939. The lowest BCUT2D eigenvalue weighted by molar-refractivity contribution is -0.113. The molecule has 19 heavy (non-hydrogen) atoms. The number of hydrogen-bond acceptors (Lipinski definition) is 3. The number of benzene rings is 1. The predicted octanol–water partition coefficient (Wildman–Crippen LogP) is 2.77. The van der Waals surface area contributed by atoms with E-state index in [1.165, 1.54) is 22.9 Å². The van der Waals surface area contributed by atoms with E-state index in [1.54, 1.807) is 16.9 Å². The van der Waals surface area contributed by atoms with E-state index >= 15 is 0 Å². The Balaban J connectivity index is 1.88. The van der Waals surface area contributed by atoms with Crippen LogP contribution in [0.3, 0.4) is 0 Å². The highest BCUT2D eigenvalue weighted by molar-refractivity contribution is 8.00. The Kier molecular flexibility index (Phi) is 4.27. The normalized spacial score (nSPS) is 10.5. The number of rotatable bonds is 4. The van der Waals surface area contributed by atoms with Crippen LogP contribution >= 0.6 is 11.8 Å². The van der Waals surface area contributed by atoms with Gasteiger partial charge in [-0.3, -0.25) is 9.48 Å². The molecule has 100 valence electrons. The van der Waals surface area contributed by atoms with E-state index in [-0.39, 0.29) is 5.91 Å². The topological polar surface area (TPSA) is 46.9 Å². The number of nitrogens with zero attached hydrogens (tertiary/aromatic N) is 2. The molecule has 4 nitrogen and oxygen atoms in total. The van der Waals surface area contributed by atoms with E-state index in [1.807, 2.05) is 13.1 Å². The van der Waals surface area contributed by atoms with Gasteiger partial charge in [0.05, 0.1) is 5.75 Å². The minimum absolute atomic E-state index is 0.0399. The van der Waals surface area contributed by atoms with Crippen LogP contribution in [-0.4, -0.2) is 21.4 Å². The molecular formula is C14H17N3OS. The summed E-state index contributed by atoms with van der Waals surface area (Å²) < 4.78 is 1.66. The fraction of sp³-hybridized carbons (Fsp3) is 0.286. The lowest BCUT2D eigenvalue weighted by Crippen LogP contribution is -2.14. The van der Waals surface area contributed by atoms with Gasteiger partial charge in [-0.15, -0.1) is 11.8 Å². The number of thioether (sulfide) groups is 1. The molecule has 1 aromatic carbocycles. The Bertz CT molecular complexity index is 592. The van der Waals surface area contributed by atoms with Gasteiger partial charge in [-0.2, -0.15) is 5.10 Å². The molecule has 0 aliphatic carbocycles. The summed E-state index contributed by atoms with van der Waals surface area (Å²) >= 11 is 1.53. The Morgan fingerprint density at radius 1 is 1.32 bits per heavy atom. The maximum absolute atomic E-state index is 11.8. The lowest BCUT2D eigenvalue weighted by atomic mass is 10.1. The average Bonchev–Trinajstić information content (AvgIpc) is 2.76. The van der Waals surface area contributed by atoms with Crippen molar-refractivity contribution in [1.29, 1.82) is 0 Å². The molecule has 0 aliphatic heterocycles. The third kappa shape index (κ3) is 3.86. The maximum atomic E-state index is 11.8. The SMILES string of the molecule is Cc1ccc(SCC(=O)Nc2ccn(C)n2)cc1C. The van der Waals surface area contributed by atoms with Crippen molar-refractivity contribution in [3.05, 3.63) is 41.6 Å². The predicted molar refractivity (Wildman–Crippen MR) is 78.5 cm³/mol. The molecule has 1 aromatic heterocycles. The molecule has 0 radical (unpaired) electrons. The summed E-state index contributed by atoms with van der Waals surface area (Å²) in [6.45, 7) is 4.16. The lowest BCUT2D eigenvalue weighted by Gasteiger charge is -2.05. The van der Waals surface area contributed by atoms with Gasteiger partial charge < -0.3 is 5.32 Å². The van der Waals surface area contributed by atoms with Gasteiger partial charge in [0.2, 0.25) is 5.91 Å². The molecule has 0 unspecified atom stereocenters. The Morgan fingerprint density at radius 3 is 2.74 bits per heavy atom. The fourth-order valence-electron chi connectivity index (χ4n) is 1.61. The molecule has 1 N–H and O–H groups in total. The minimum atomic E-state index is -0.0399. The monoisotopic (exact) mass is 275 g/mol. The van der Waals surface area contributed by atoms with Crippen LogP contribution in [0.5, 0.6) is 0 Å². The van der Waals surface area contributed by atoms with Crippen LogP contribution in [0.1, 0.15) is 11.1 Å². The molecule has 2 rings (SSSR count). The molecule has 0 saturated carbocycles. The van der Waals surface area contributed by atoms with Crippen LogP contribution in [0.25, 0.3) is 0 Å². The first-order chi connectivity index (χ1) is 9.04. The molecule has 5 heteroatoms. The Morgan fingerprint density at radius 2 is 2.11 bits per heavy atom. The second-order valence-electron chi connectivity index (χ2n) is 4.46. The highest BCUT2D eigenvalue weighted by Gasteiger charge is 2.06. The van der Waals surface area contributed by atoms with Crippen LogP contribution in [-0.2, 0) is 11.8 Å². The number of anilines is 1. The van der Waals surface area contributed by atoms with Crippen molar-refractivity contribution in [3.8, 4) is 0 Å². The number of carbonyl (C=O) groups excluding carboxylic acids is 1. The number of carbonyl (C=O) groups is 1. The number of aromatic nitrogens is 2. The molecule has 0 bridgehead atoms. The molecule has 0 spiro atoms. The van der Waals surface area contributed by atoms with Gasteiger partial charge in [-0.25, -0.2) is 0 Å². The third-order valence-electron chi connectivity index (χ3n) is 2.83. The van der Waals surface area contributed by atoms with Crippen molar-refractivity contribution in [1.82, 2.24) is 9.78 Å². The number of amides is 1. The highest BCUT2D eigenvalue weighted by atomic mass is 32.2. The van der Waals surface area contributed by atoms with Crippen LogP contribution in [0.15, 0.2) is 35.4 Å². The summed E-state index contributed by atoms with van der Waals surface area (Å²) in [5, 5.41) is 6.87. The van der Waals surface area contributed by atoms with Gasteiger partial charge >= 0.3 is 0 Å². The fourth-order valence-corrected chi connectivity index (χ4v) is 2.41. The zero-order valence-electron chi connectivity index (χ0n) is 11.3. The second-order valence-corrected chi connectivity index (χ2v) is 5.51. The molecule has 0 aliphatic rings. The first kappa shape index (κ1) is 13.7. The van der Waals surface area contributed by atoms with Crippen molar-refractivity contribution >= 4 is 23.5 Å². The summed E-state index contributed by atoms with van der Waals surface area (Å²) in [6, 6.07) is 8.00. The van der Waals surface area contributed by atoms with Crippen LogP contribution in [0.2, 0.25) is 0 Å². The van der Waals surface area contributed by atoms with Crippen molar-refractivity contribution < 1.29 is 4.79 Å². The van der Waals surface area contributed by atoms with Crippen molar-refractivity contribution in [3.63, 3.8) is 0 Å². The van der Waals surface area contributed by atoms with Gasteiger partial charge in [0.25, 0.3) is 0 Å². The second kappa shape index (κ2) is 5.93. The van der Waals surface area contributed by atoms with Crippen LogP contribution in [0, 0.1) is 13.8 Å². The van der Waals surface area contributed by atoms with Crippen molar-refractivity contribution in [2.75, 3.05) is 11.1 Å². The van der Waals surface area contributed by atoms with E-state index in [4.69, 9.17) is 0 Å². The van der Waals surface area contributed by atoms with Crippen LogP contribution < -0.4 is 5.32 Å². The van der Waals surface area contributed by atoms with E-state index in [9.17, 15) is 4.79 Å². The largest absolute Gasteiger partial charge is 0.308 e. The van der Waals surface area contributed by atoms with Gasteiger partial charge in [-0.05, 0) is 37.1 Å².